The topological polar surface area (TPSA) is 47.0 Å². The van der Waals surface area contributed by atoms with Crippen LogP contribution in [0.4, 0.5) is 5.69 Å². The van der Waals surface area contributed by atoms with Gasteiger partial charge >= 0.3 is 0 Å². The molecule has 3 heterocycles. The molecule has 2 aliphatic heterocycles. The Balaban J connectivity index is 1.65. The number of hydrogen-bond donors (Lipinski definition) is 0. The molecular formula is C15H15BrClN3O2. The van der Waals surface area contributed by atoms with E-state index >= 15 is 0 Å². The highest BCUT2D eigenvalue weighted by molar-refractivity contribution is 9.10. The normalized spacial score (nSPS) is 20.7. The first-order valence-corrected chi connectivity index (χ1v) is 8.21. The van der Waals surface area contributed by atoms with Crippen molar-refractivity contribution in [3.8, 4) is 5.88 Å². The molecule has 7 heteroatoms. The lowest BCUT2D eigenvalue weighted by atomic mass is 10.2. The van der Waals surface area contributed by atoms with Crippen LogP contribution in [0.5, 0.6) is 5.88 Å². The van der Waals surface area contributed by atoms with E-state index in [0.717, 1.165) is 31.9 Å². The van der Waals surface area contributed by atoms with Gasteiger partial charge in [-0.15, -0.1) is 0 Å². The van der Waals surface area contributed by atoms with E-state index < -0.39 is 0 Å². The van der Waals surface area contributed by atoms with Crippen LogP contribution in [0.3, 0.4) is 0 Å². The summed E-state index contributed by atoms with van der Waals surface area (Å²) in [6, 6.07) is 0.413. The van der Waals surface area contributed by atoms with Crippen molar-refractivity contribution >= 4 is 44.1 Å². The maximum Gasteiger partial charge on any atom is 0.230 e. The molecule has 2 aliphatic rings. The van der Waals surface area contributed by atoms with Gasteiger partial charge in [-0.05, 0) is 28.6 Å². The molecule has 0 bridgehead atoms. The summed E-state index contributed by atoms with van der Waals surface area (Å²) in [4.78, 5) is 10.8. The summed E-state index contributed by atoms with van der Waals surface area (Å²) in [5.74, 6) is 3.15. The van der Waals surface area contributed by atoms with E-state index in [9.17, 15) is 0 Å². The van der Waals surface area contributed by atoms with Crippen LogP contribution < -0.4 is 4.74 Å². The Bertz CT molecular complexity index is 682. The van der Waals surface area contributed by atoms with Crippen molar-refractivity contribution in [1.29, 1.82) is 0 Å². The monoisotopic (exact) mass is 383 g/mol. The van der Waals surface area contributed by atoms with Crippen LogP contribution in [0.1, 0.15) is 12.5 Å². The average Bonchev–Trinajstić information content (AvgIpc) is 2.52. The molecule has 1 fully saturated rings. The van der Waals surface area contributed by atoms with E-state index in [0.29, 0.717) is 33.7 Å². The van der Waals surface area contributed by atoms with E-state index in [-0.39, 0.29) is 0 Å². The summed E-state index contributed by atoms with van der Waals surface area (Å²) in [5, 5.41) is 0.451. The zero-order chi connectivity index (χ0) is 15.5. The number of ether oxygens (including phenoxy) is 2. The molecule has 1 atom stereocenters. The standard InChI is InChI=1S/C15H15BrClN3O2/c1-10-9-21-6-4-20(10)5-7-22-15-13(16)14-11(8-19-15)12(17)2-3-18-14/h8,10H,4-7,9H2,1H3/t10-/m1/s1. The highest BCUT2D eigenvalue weighted by Crippen LogP contribution is 2.40. The first kappa shape index (κ1) is 15.8. The summed E-state index contributed by atoms with van der Waals surface area (Å²) in [5.41, 5.74) is 4.12. The number of rotatable bonds is 4. The number of fused-ring (bicyclic) bond motifs is 1. The zero-order valence-corrected chi connectivity index (χ0v) is 14.4. The predicted octanol–water partition coefficient (Wildman–Crippen LogP) is 2.99. The molecule has 0 unspecified atom stereocenters. The van der Waals surface area contributed by atoms with Crippen LogP contribution in [0.25, 0.3) is 5.03 Å². The number of halogens is 2. The van der Waals surface area contributed by atoms with E-state index in [4.69, 9.17) is 21.1 Å². The Hall–Kier alpha value is -1.13. The van der Waals surface area contributed by atoms with Crippen LogP contribution >= 0.6 is 27.5 Å². The lowest BCUT2D eigenvalue weighted by Gasteiger charge is -2.32. The molecule has 0 N–H and O–H groups in total. The number of nitrogens with zero attached hydrogens (tertiary/aromatic N) is 3. The third-order valence-corrected chi connectivity index (χ3v) is 4.67. The van der Waals surface area contributed by atoms with Gasteiger partial charge in [-0.1, -0.05) is 11.6 Å². The van der Waals surface area contributed by atoms with Crippen molar-refractivity contribution in [2.45, 2.75) is 13.0 Å². The van der Waals surface area contributed by atoms with Gasteiger partial charge in [0.1, 0.15) is 21.8 Å². The van der Waals surface area contributed by atoms with E-state index in [1.807, 2.05) is 0 Å². The van der Waals surface area contributed by atoms with E-state index in [2.05, 4.69) is 49.3 Å². The molecule has 0 aromatic carbocycles. The fourth-order valence-electron chi connectivity index (χ4n) is 2.38. The molecule has 1 saturated heterocycles. The summed E-state index contributed by atoms with van der Waals surface area (Å²) >= 11 is 9.53. The summed E-state index contributed by atoms with van der Waals surface area (Å²) in [7, 11) is 0. The number of morpholine rings is 1. The Morgan fingerprint density at radius 1 is 1.59 bits per heavy atom. The van der Waals surface area contributed by atoms with Gasteiger partial charge in [-0.3, -0.25) is 4.90 Å². The van der Waals surface area contributed by atoms with Gasteiger partial charge in [-0.2, -0.15) is 4.99 Å². The van der Waals surface area contributed by atoms with Gasteiger partial charge in [0.15, 0.2) is 0 Å². The molecule has 3 rings (SSSR count). The molecule has 0 amide bonds. The Kier molecular flexibility index (Phi) is 4.99. The lowest BCUT2D eigenvalue weighted by Crippen LogP contribution is -2.45. The van der Waals surface area contributed by atoms with Crippen LogP contribution in [0, 0.1) is 0 Å². The quantitative estimate of drug-likeness (QED) is 0.749. The summed E-state index contributed by atoms with van der Waals surface area (Å²) in [6.07, 6.45) is 1.65. The van der Waals surface area contributed by atoms with Gasteiger partial charge < -0.3 is 9.47 Å². The maximum absolute atomic E-state index is 6.06. The van der Waals surface area contributed by atoms with Crippen molar-refractivity contribution in [3.63, 3.8) is 0 Å². The van der Waals surface area contributed by atoms with Crippen molar-refractivity contribution in [1.82, 2.24) is 9.88 Å². The second kappa shape index (κ2) is 6.97. The fraction of sp³-hybridized carbons (Fsp3) is 0.467. The van der Waals surface area contributed by atoms with Crippen molar-refractivity contribution < 1.29 is 9.47 Å². The fourth-order valence-corrected chi connectivity index (χ4v) is 3.08. The first-order valence-electron chi connectivity index (χ1n) is 7.04. The molecule has 0 radical (unpaired) electrons. The molecule has 0 saturated carbocycles. The minimum Gasteiger partial charge on any atom is -0.475 e. The van der Waals surface area contributed by atoms with Gasteiger partial charge in [0.05, 0.1) is 13.2 Å². The molecule has 1 aromatic heterocycles. The lowest BCUT2D eigenvalue weighted by molar-refractivity contribution is -0.00537. The molecule has 22 heavy (non-hydrogen) atoms. The maximum atomic E-state index is 6.06. The van der Waals surface area contributed by atoms with Gasteiger partial charge in [0.2, 0.25) is 5.88 Å². The summed E-state index contributed by atoms with van der Waals surface area (Å²) < 4.78 is 11.9. The number of hydrogen-bond acceptors (Lipinski definition) is 5. The Morgan fingerprint density at radius 3 is 3.27 bits per heavy atom. The van der Waals surface area contributed by atoms with Crippen LogP contribution in [0.15, 0.2) is 21.4 Å². The van der Waals surface area contributed by atoms with Crippen molar-refractivity contribution in [2.75, 3.05) is 32.9 Å². The predicted molar refractivity (Wildman–Crippen MR) is 89.2 cm³/mol. The Morgan fingerprint density at radius 2 is 2.45 bits per heavy atom. The largest absolute Gasteiger partial charge is 0.475 e. The van der Waals surface area contributed by atoms with Gasteiger partial charge in [0, 0.05) is 36.8 Å². The molecule has 5 nitrogen and oxygen atoms in total. The average molecular weight is 385 g/mol. The third-order valence-electron chi connectivity index (χ3n) is 3.65. The smallest absolute Gasteiger partial charge is 0.230 e. The van der Waals surface area contributed by atoms with Crippen LogP contribution in [-0.4, -0.2) is 54.7 Å². The van der Waals surface area contributed by atoms with Crippen LogP contribution in [0.2, 0.25) is 0 Å². The first-order chi connectivity index (χ1) is 10.7. The second-order valence-electron chi connectivity index (χ2n) is 5.11. The van der Waals surface area contributed by atoms with Gasteiger partial charge in [-0.25, -0.2) is 4.98 Å². The SMILES string of the molecule is C[C@@H]1COCCN1CCOc1ncc2c(c1Br)N=C=C=C2Cl. The molecule has 0 aliphatic carbocycles. The molecule has 0 spiro atoms. The van der Waals surface area contributed by atoms with E-state index in [1.165, 1.54) is 0 Å². The van der Waals surface area contributed by atoms with Crippen molar-refractivity contribution in [3.05, 3.63) is 22.0 Å². The van der Waals surface area contributed by atoms with Gasteiger partial charge in [0.25, 0.3) is 0 Å². The highest BCUT2D eigenvalue weighted by Gasteiger charge is 2.20. The minimum absolute atomic E-state index is 0.413. The second-order valence-corrected chi connectivity index (χ2v) is 6.28. The minimum atomic E-state index is 0.413. The third kappa shape index (κ3) is 3.28. The molecule has 1 aromatic rings. The number of pyridine rings is 1. The Labute approximate surface area is 142 Å². The zero-order valence-electron chi connectivity index (χ0n) is 12.1. The van der Waals surface area contributed by atoms with Crippen molar-refractivity contribution in [2.24, 2.45) is 4.99 Å². The molecular weight excluding hydrogens is 370 g/mol. The summed E-state index contributed by atoms with van der Waals surface area (Å²) in [6.45, 7) is 6.02. The van der Waals surface area contributed by atoms with E-state index in [1.54, 1.807) is 6.20 Å². The number of aromatic nitrogens is 1. The molecule has 116 valence electrons. The number of aliphatic imine (C=N–C) groups is 1. The van der Waals surface area contributed by atoms with Crippen LogP contribution in [-0.2, 0) is 4.74 Å². The highest BCUT2D eigenvalue weighted by atomic mass is 79.9.